The maximum atomic E-state index is 12.5. The summed E-state index contributed by atoms with van der Waals surface area (Å²) < 4.78 is 31.8. The van der Waals surface area contributed by atoms with Crippen molar-refractivity contribution in [3.05, 3.63) is 59.1 Å². The zero-order valence-corrected chi connectivity index (χ0v) is 15.8. The zero-order valence-electron chi connectivity index (χ0n) is 14.2. The SMILES string of the molecule is CCS(=O)(=O)N1C[C@H](C(=O)NCc2ccc(Cl)cc2)Oc2ccccc21. The first kappa shape index (κ1) is 18.5. The molecule has 0 saturated carbocycles. The summed E-state index contributed by atoms with van der Waals surface area (Å²) in [7, 11) is -3.51. The molecular weight excluding hydrogens is 376 g/mol. The van der Waals surface area contributed by atoms with Crippen molar-refractivity contribution in [1.82, 2.24) is 5.32 Å². The summed E-state index contributed by atoms with van der Waals surface area (Å²) in [6, 6.07) is 13.9. The van der Waals surface area contributed by atoms with E-state index in [-0.39, 0.29) is 18.2 Å². The van der Waals surface area contributed by atoms with Gasteiger partial charge in [-0.05, 0) is 36.8 Å². The molecule has 0 aromatic heterocycles. The van der Waals surface area contributed by atoms with Gasteiger partial charge in [0.05, 0.1) is 18.0 Å². The molecule has 1 aliphatic heterocycles. The summed E-state index contributed by atoms with van der Waals surface area (Å²) in [4.78, 5) is 12.5. The Morgan fingerprint density at radius 1 is 1.23 bits per heavy atom. The van der Waals surface area contributed by atoms with Crippen molar-refractivity contribution in [3.63, 3.8) is 0 Å². The molecule has 1 amide bonds. The van der Waals surface area contributed by atoms with Gasteiger partial charge in [0.15, 0.2) is 6.10 Å². The number of amides is 1. The Bertz CT molecular complexity index is 900. The molecule has 1 heterocycles. The number of nitrogens with one attached hydrogen (secondary N) is 1. The van der Waals surface area contributed by atoms with Crippen LogP contribution in [0, 0.1) is 0 Å². The number of ether oxygens (including phenoxy) is 1. The zero-order chi connectivity index (χ0) is 18.7. The maximum absolute atomic E-state index is 12.5. The van der Waals surface area contributed by atoms with E-state index in [0.29, 0.717) is 23.0 Å². The van der Waals surface area contributed by atoms with Crippen LogP contribution < -0.4 is 14.4 Å². The first-order valence-corrected chi connectivity index (χ1v) is 10.2. The second kappa shape index (κ2) is 7.55. The van der Waals surface area contributed by atoms with E-state index in [4.69, 9.17) is 16.3 Å². The highest BCUT2D eigenvalue weighted by molar-refractivity contribution is 7.92. The van der Waals surface area contributed by atoms with E-state index in [1.807, 2.05) is 12.1 Å². The number of nitrogens with zero attached hydrogens (tertiary/aromatic N) is 1. The first-order valence-electron chi connectivity index (χ1n) is 8.19. The number of anilines is 1. The van der Waals surface area contributed by atoms with Crippen LogP contribution >= 0.6 is 11.6 Å². The Morgan fingerprint density at radius 3 is 2.62 bits per heavy atom. The van der Waals surface area contributed by atoms with Crippen LogP contribution in [-0.2, 0) is 21.4 Å². The van der Waals surface area contributed by atoms with Crippen LogP contribution in [0.2, 0.25) is 5.02 Å². The van der Waals surface area contributed by atoms with Crippen molar-refractivity contribution in [2.75, 3.05) is 16.6 Å². The van der Waals surface area contributed by atoms with Crippen molar-refractivity contribution in [2.24, 2.45) is 0 Å². The summed E-state index contributed by atoms with van der Waals surface area (Å²) in [6.45, 7) is 1.82. The lowest BCUT2D eigenvalue weighted by molar-refractivity contribution is -0.127. The summed E-state index contributed by atoms with van der Waals surface area (Å²) >= 11 is 5.85. The Morgan fingerprint density at radius 2 is 1.92 bits per heavy atom. The lowest BCUT2D eigenvalue weighted by Crippen LogP contribution is -2.50. The number of rotatable bonds is 5. The van der Waals surface area contributed by atoms with Crippen LogP contribution in [0.1, 0.15) is 12.5 Å². The minimum Gasteiger partial charge on any atom is -0.476 e. The molecule has 2 aromatic rings. The molecule has 1 aliphatic rings. The fraction of sp³-hybridized carbons (Fsp3) is 0.278. The number of carbonyl (C=O) groups excluding carboxylic acids is 1. The molecule has 138 valence electrons. The predicted molar refractivity (Wildman–Crippen MR) is 101 cm³/mol. The highest BCUT2D eigenvalue weighted by Gasteiger charge is 2.35. The number of fused-ring (bicyclic) bond motifs is 1. The van der Waals surface area contributed by atoms with Gasteiger partial charge in [-0.3, -0.25) is 9.10 Å². The molecule has 0 fully saturated rings. The number of sulfonamides is 1. The number of hydrogen-bond acceptors (Lipinski definition) is 4. The lowest BCUT2D eigenvalue weighted by Gasteiger charge is -2.34. The summed E-state index contributed by atoms with van der Waals surface area (Å²) in [5.41, 5.74) is 1.34. The molecule has 1 atom stereocenters. The molecule has 0 unspecified atom stereocenters. The third kappa shape index (κ3) is 3.94. The molecule has 0 bridgehead atoms. The van der Waals surface area contributed by atoms with Gasteiger partial charge >= 0.3 is 0 Å². The smallest absolute Gasteiger partial charge is 0.263 e. The second-order valence-corrected chi connectivity index (χ2v) is 8.47. The predicted octanol–water partition coefficient (Wildman–Crippen LogP) is 2.57. The molecule has 0 aliphatic carbocycles. The Kier molecular flexibility index (Phi) is 5.38. The second-order valence-electron chi connectivity index (χ2n) is 5.85. The van der Waals surface area contributed by atoms with Crippen molar-refractivity contribution in [1.29, 1.82) is 0 Å². The Balaban J connectivity index is 1.76. The van der Waals surface area contributed by atoms with Crippen LogP contribution in [0.25, 0.3) is 0 Å². The van der Waals surface area contributed by atoms with Crippen molar-refractivity contribution >= 4 is 33.2 Å². The third-order valence-electron chi connectivity index (χ3n) is 4.11. The van der Waals surface area contributed by atoms with Crippen LogP contribution in [0.3, 0.4) is 0 Å². The quantitative estimate of drug-likeness (QED) is 0.845. The van der Waals surface area contributed by atoms with Gasteiger partial charge in [-0.1, -0.05) is 35.9 Å². The van der Waals surface area contributed by atoms with Gasteiger partial charge in [-0.15, -0.1) is 0 Å². The Hall–Kier alpha value is -2.25. The molecule has 26 heavy (non-hydrogen) atoms. The van der Waals surface area contributed by atoms with E-state index in [2.05, 4.69) is 5.32 Å². The maximum Gasteiger partial charge on any atom is 0.263 e. The normalized spacial score (nSPS) is 16.5. The number of para-hydroxylation sites is 2. The van der Waals surface area contributed by atoms with Gasteiger partial charge in [0.1, 0.15) is 5.75 Å². The topological polar surface area (TPSA) is 75.7 Å². The summed E-state index contributed by atoms with van der Waals surface area (Å²) in [6.07, 6.45) is -0.918. The average Bonchev–Trinajstić information content (AvgIpc) is 2.66. The van der Waals surface area contributed by atoms with Gasteiger partial charge < -0.3 is 10.1 Å². The van der Waals surface area contributed by atoms with E-state index < -0.39 is 16.1 Å². The molecule has 3 rings (SSSR count). The standard InChI is InChI=1S/C18H19ClN2O4S/c1-2-26(23,24)21-12-17(25-16-6-4-3-5-15(16)21)18(22)20-11-13-7-9-14(19)10-8-13/h3-10,17H,2,11-12H2,1H3,(H,20,22)/t17-/m1/s1. The number of hydrogen-bond donors (Lipinski definition) is 1. The van der Waals surface area contributed by atoms with Crippen LogP contribution in [-0.4, -0.2) is 32.7 Å². The Labute approximate surface area is 157 Å². The van der Waals surface area contributed by atoms with Crippen LogP contribution in [0.5, 0.6) is 5.75 Å². The molecule has 0 saturated heterocycles. The minimum absolute atomic E-state index is 0.0551. The molecule has 6 nitrogen and oxygen atoms in total. The summed E-state index contributed by atoms with van der Waals surface area (Å²) in [5.74, 6) is -0.0475. The van der Waals surface area contributed by atoms with E-state index in [9.17, 15) is 13.2 Å². The number of halogens is 1. The van der Waals surface area contributed by atoms with Crippen LogP contribution in [0.15, 0.2) is 48.5 Å². The lowest BCUT2D eigenvalue weighted by atomic mass is 10.2. The largest absolute Gasteiger partial charge is 0.476 e. The van der Waals surface area contributed by atoms with Gasteiger partial charge in [0.2, 0.25) is 10.0 Å². The fourth-order valence-corrected chi connectivity index (χ4v) is 3.91. The molecular formula is C18H19ClN2O4S. The van der Waals surface area contributed by atoms with Crippen molar-refractivity contribution < 1.29 is 17.9 Å². The fourth-order valence-electron chi connectivity index (χ4n) is 2.66. The van der Waals surface area contributed by atoms with Gasteiger partial charge in [0.25, 0.3) is 5.91 Å². The van der Waals surface area contributed by atoms with Gasteiger partial charge in [-0.25, -0.2) is 8.42 Å². The van der Waals surface area contributed by atoms with E-state index in [0.717, 1.165) is 5.56 Å². The van der Waals surface area contributed by atoms with E-state index in [1.165, 1.54) is 4.31 Å². The highest BCUT2D eigenvalue weighted by atomic mass is 35.5. The average molecular weight is 395 g/mol. The van der Waals surface area contributed by atoms with Crippen molar-refractivity contribution in [3.8, 4) is 5.75 Å². The molecule has 2 aromatic carbocycles. The third-order valence-corrected chi connectivity index (χ3v) is 6.11. The van der Waals surface area contributed by atoms with Crippen molar-refractivity contribution in [2.45, 2.75) is 19.6 Å². The van der Waals surface area contributed by atoms with E-state index in [1.54, 1.807) is 43.3 Å². The van der Waals surface area contributed by atoms with E-state index >= 15 is 0 Å². The summed E-state index contributed by atoms with van der Waals surface area (Å²) in [5, 5.41) is 3.40. The van der Waals surface area contributed by atoms with Gasteiger partial charge in [-0.2, -0.15) is 0 Å². The monoisotopic (exact) mass is 394 g/mol. The first-order chi connectivity index (χ1) is 12.4. The minimum atomic E-state index is -3.51. The van der Waals surface area contributed by atoms with Gasteiger partial charge in [0, 0.05) is 11.6 Å². The van der Waals surface area contributed by atoms with Crippen LogP contribution in [0.4, 0.5) is 5.69 Å². The number of benzene rings is 2. The molecule has 1 N–H and O–H groups in total. The molecule has 8 heteroatoms. The molecule has 0 radical (unpaired) electrons. The number of carbonyl (C=O) groups is 1. The molecule has 0 spiro atoms. The highest BCUT2D eigenvalue weighted by Crippen LogP contribution is 2.35.